The second kappa shape index (κ2) is 5.04. The summed E-state index contributed by atoms with van der Waals surface area (Å²) in [5, 5.41) is 5.64. The topological polar surface area (TPSA) is 0 Å². The van der Waals surface area contributed by atoms with E-state index in [9.17, 15) is 0 Å². The van der Waals surface area contributed by atoms with Crippen molar-refractivity contribution in [3.63, 3.8) is 0 Å². The van der Waals surface area contributed by atoms with E-state index in [1.54, 1.807) is 11.1 Å². The van der Waals surface area contributed by atoms with Crippen LogP contribution in [0.2, 0.25) is 0 Å². The molecular weight excluding hydrogens is 223 g/mol. The zero-order valence-corrected chi connectivity index (χ0v) is 11.4. The van der Waals surface area contributed by atoms with Crippen molar-refractivity contribution < 1.29 is 20.3 Å². The van der Waals surface area contributed by atoms with Crippen LogP contribution in [0.3, 0.4) is 0 Å². The molecule has 0 spiro atoms. The third-order valence-corrected chi connectivity index (χ3v) is 4.26. The predicted molar refractivity (Wildman–Crippen MR) is 79.2 cm³/mol. The van der Waals surface area contributed by atoms with E-state index >= 15 is 0 Å². The van der Waals surface area contributed by atoms with E-state index < -0.39 is 0 Å². The van der Waals surface area contributed by atoms with Gasteiger partial charge in [0.25, 0.3) is 0 Å². The van der Waals surface area contributed by atoms with Crippen LogP contribution in [0.5, 0.6) is 0 Å². The van der Waals surface area contributed by atoms with Gasteiger partial charge in [-0.05, 0) is 58.4 Å². The number of hydrogen-bond donors (Lipinski definition) is 0. The van der Waals surface area contributed by atoms with Gasteiger partial charge in [-0.25, -0.2) is 0 Å². The summed E-state index contributed by atoms with van der Waals surface area (Å²) in [5.41, 5.74) is 3.17. The van der Waals surface area contributed by atoms with Gasteiger partial charge in [0.1, 0.15) is 0 Å². The van der Waals surface area contributed by atoms with Crippen LogP contribution in [-0.2, 0) is 12.8 Å². The quantitative estimate of drug-likeness (QED) is 0.416. The minimum absolute atomic E-state index is 0. The van der Waals surface area contributed by atoms with Gasteiger partial charge in [0.2, 0.25) is 0 Å². The molecule has 3 aromatic carbocycles. The molecule has 0 nitrogen and oxygen atoms in total. The summed E-state index contributed by atoms with van der Waals surface area (Å²) in [6, 6.07) is 18.0. The maximum atomic E-state index is 2.35. The standard InChI is InChI=1S/C18H16.Li.H/c1-3-7-15-13(5-1)9-11-18-16-8-4-2-6-14(16)10-12-17(15)18;;/h1,3,5,7,9-12H,2,4,6,8H2;;/q;+1;-1. The fourth-order valence-electron chi connectivity index (χ4n) is 3.34. The molecule has 3 aromatic rings. The Morgan fingerprint density at radius 1 is 0.684 bits per heavy atom. The molecule has 1 aliphatic carbocycles. The average Bonchev–Trinajstić information content (AvgIpc) is 2.46. The van der Waals surface area contributed by atoms with E-state index in [1.807, 2.05) is 0 Å². The van der Waals surface area contributed by atoms with Gasteiger partial charge in [-0.3, -0.25) is 0 Å². The van der Waals surface area contributed by atoms with Gasteiger partial charge in [0.15, 0.2) is 0 Å². The average molecular weight is 240 g/mol. The van der Waals surface area contributed by atoms with E-state index in [0.29, 0.717) is 0 Å². The van der Waals surface area contributed by atoms with Gasteiger partial charge in [0, 0.05) is 0 Å². The molecule has 0 aliphatic heterocycles. The van der Waals surface area contributed by atoms with E-state index in [1.165, 1.54) is 47.2 Å². The smallest absolute Gasteiger partial charge is 1.00 e. The maximum Gasteiger partial charge on any atom is 1.00 e. The molecular formula is C18H17Li. The molecule has 0 saturated heterocycles. The Kier molecular flexibility index (Phi) is 3.40. The molecule has 0 radical (unpaired) electrons. The Labute approximate surface area is 127 Å². The van der Waals surface area contributed by atoms with Crippen molar-refractivity contribution in [1.29, 1.82) is 0 Å². The monoisotopic (exact) mass is 240 g/mol. The summed E-state index contributed by atoms with van der Waals surface area (Å²) < 4.78 is 0. The van der Waals surface area contributed by atoms with Crippen LogP contribution in [0.4, 0.5) is 0 Å². The molecule has 0 aromatic heterocycles. The summed E-state index contributed by atoms with van der Waals surface area (Å²) in [5.74, 6) is 0. The molecule has 0 amide bonds. The molecule has 0 heterocycles. The largest absolute Gasteiger partial charge is 1.00 e. The number of aryl methyl sites for hydroxylation is 2. The molecule has 0 bridgehead atoms. The van der Waals surface area contributed by atoms with E-state index in [4.69, 9.17) is 0 Å². The van der Waals surface area contributed by atoms with E-state index in [-0.39, 0.29) is 20.3 Å². The first kappa shape index (κ1) is 12.8. The third-order valence-electron chi connectivity index (χ3n) is 4.26. The van der Waals surface area contributed by atoms with Crippen molar-refractivity contribution in [2.75, 3.05) is 0 Å². The normalized spacial score (nSPS) is 14.1. The first-order valence-electron chi connectivity index (χ1n) is 6.86. The van der Waals surface area contributed by atoms with Crippen LogP contribution in [0.15, 0.2) is 48.5 Å². The van der Waals surface area contributed by atoms with Crippen molar-refractivity contribution in [3.05, 3.63) is 59.7 Å². The van der Waals surface area contributed by atoms with Crippen molar-refractivity contribution in [1.82, 2.24) is 0 Å². The van der Waals surface area contributed by atoms with Gasteiger partial charge in [-0.2, -0.15) is 0 Å². The Morgan fingerprint density at radius 2 is 1.47 bits per heavy atom. The first-order valence-corrected chi connectivity index (χ1v) is 6.86. The van der Waals surface area contributed by atoms with Gasteiger partial charge >= 0.3 is 18.9 Å². The number of rotatable bonds is 0. The second-order valence-corrected chi connectivity index (χ2v) is 5.29. The fraction of sp³-hybridized carbons (Fsp3) is 0.222. The van der Waals surface area contributed by atoms with Crippen molar-refractivity contribution in [3.8, 4) is 0 Å². The zero-order chi connectivity index (χ0) is 11.9. The number of hydrogen-bond acceptors (Lipinski definition) is 0. The van der Waals surface area contributed by atoms with Gasteiger partial charge < -0.3 is 1.43 Å². The molecule has 90 valence electrons. The Morgan fingerprint density at radius 3 is 2.42 bits per heavy atom. The van der Waals surface area contributed by atoms with Crippen LogP contribution < -0.4 is 18.9 Å². The first-order chi connectivity index (χ1) is 8.93. The molecule has 0 atom stereocenters. The summed E-state index contributed by atoms with van der Waals surface area (Å²) in [4.78, 5) is 0. The third kappa shape index (κ3) is 2.00. The van der Waals surface area contributed by atoms with Gasteiger partial charge in [-0.1, -0.05) is 48.5 Å². The summed E-state index contributed by atoms with van der Waals surface area (Å²) in [7, 11) is 0. The van der Waals surface area contributed by atoms with E-state index in [2.05, 4.69) is 48.5 Å². The SMILES string of the molecule is [H-].[Li+].c1ccc2c(c1)ccc1c3c(ccc12)CCCC3. The minimum atomic E-state index is 0. The minimum Gasteiger partial charge on any atom is -1.00 e. The molecule has 0 N–H and O–H groups in total. The van der Waals surface area contributed by atoms with Crippen LogP contribution in [0.25, 0.3) is 21.5 Å². The second-order valence-electron chi connectivity index (χ2n) is 5.29. The van der Waals surface area contributed by atoms with Crippen LogP contribution in [0, 0.1) is 0 Å². The summed E-state index contributed by atoms with van der Waals surface area (Å²) in [6.07, 6.45) is 5.22. The zero-order valence-electron chi connectivity index (χ0n) is 12.4. The Hall–Kier alpha value is -1.22. The number of benzene rings is 3. The van der Waals surface area contributed by atoms with Gasteiger partial charge in [0.05, 0.1) is 0 Å². The van der Waals surface area contributed by atoms with Crippen molar-refractivity contribution in [2.45, 2.75) is 25.7 Å². The van der Waals surface area contributed by atoms with Crippen molar-refractivity contribution >= 4 is 21.5 Å². The molecule has 0 fully saturated rings. The Bertz CT molecular complexity index is 749. The van der Waals surface area contributed by atoms with E-state index in [0.717, 1.165) is 0 Å². The molecule has 1 heteroatoms. The fourth-order valence-corrected chi connectivity index (χ4v) is 3.34. The Balaban J connectivity index is 0.000000735. The molecule has 0 saturated carbocycles. The van der Waals surface area contributed by atoms with Gasteiger partial charge in [-0.15, -0.1) is 0 Å². The van der Waals surface area contributed by atoms with Crippen LogP contribution in [-0.4, -0.2) is 0 Å². The molecule has 19 heavy (non-hydrogen) atoms. The molecule has 1 aliphatic rings. The van der Waals surface area contributed by atoms with Crippen LogP contribution >= 0.6 is 0 Å². The maximum absolute atomic E-state index is 2.35. The predicted octanol–water partition coefficient (Wildman–Crippen LogP) is 1.99. The molecule has 4 rings (SSSR count). The summed E-state index contributed by atoms with van der Waals surface area (Å²) in [6.45, 7) is 0. The van der Waals surface area contributed by atoms with Crippen molar-refractivity contribution in [2.24, 2.45) is 0 Å². The molecule has 0 unspecified atom stereocenters. The number of fused-ring (bicyclic) bond motifs is 5. The summed E-state index contributed by atoms with van der Waals surface area (Å²) >= 11 is 0. The van der Waals surface area contributed by atoms with Crippen LogP contribution in [0.1, 0.15) is 25.4 Å².